The molecule has 3 nitrogen and oxygen atoms in total. The summed E-state index contributed by atoms with van der Waals surface area (Å²) >= 11 is 0. The van der Waals surface area contributed by atoms with E-state index in [1.165, 1.54) is 0 Å². The summed E-state index contributed by atoms with van der Waals surface area (Å²) in [5.41, 5.74) is 0.169. The fourth-order valence-electron chi connectivity index (χ4n) is 1.36. The summed E-state index contributed by atoms with van der Waals surface area (Å²) in [6.07, 6.45) is 1.34. The van der Waals surface area contributed by atoms with Crippen molar-refractivity contribution in [3.05, 3.63) is 0 Å². The first-order chi connectivity index (χ1) is 6.20. The summed E-state index contributed by atoms with van der Waals surface area (Å²) in [6.45, 7) is 9.56. The van der Waals surface area contributed by atoms with Crippen molar-refractivity contribution in [2.45, 2.75) is 38.8 Å². The topological polar surface area (TPSA) is 30.5 Å². The highest BCUT2D eigenvalue weighted by molar-refractivity contribution is 4.86. The average molecular weight is 187 g/mol. The predicted molar refractivity (Wildman–Crippen MR) is 52.9 cm³/mol. The lowest BCUT2D eigenvalue weighted by atomic mass is 9.98. The van der Waals surface area contributed by atoms with E-state index >= 15 is 0 Å². The van der Waals surface area contributed by atoms with Crippen molar-refractivity contribution in [2.75, 3.05) is 26.4 Å². The van der Waals surface area contributed by atoms with Crippen LogP contribution in [0.3, 0.4) is 0 Å². The Morgan fingerprint density at radius 2 is 2.31 bits per heavy atom. The predicted octanol–water partition coefficient (Wildman–Crippen LogP) is 1.18. The number of nitrogens with one attached hydrogen (secondary N) is 1. The zero-order valence-corrected chi connectivity index (χ0v) is 8.93. The number of hydrogen-bond acceptors (Lipinski definition) is 3. The van der Waals surface area contributed by atoms with Gasteiger partial charge in [-0.25, -0.2) is 0 Å². The minimum atomic E-state index is 0.169. The van der Waals surface area contributed by atoms with Crippen LogP contribution in [0.15, 0.2) is 0 Å². The van der Waals surface area contributed by atoms with E-state index < -0.39 is 0 Å². The van der Waals surface area contributed by atoms with Gasteiger partial charge in [-0.3, -0.25) is 0 Å². The second-order valence-corrected chi connectivity index (χ2v) is 3.89. The van der Waals surface area contributed by atoms with Crippen molar-refractivity contribution in [2.24, 2.45) is 0 Å². The maximum Gasteiger partial charge on any atom is 0.0933 e. The number of hydrogen-bond donors (Lipinski definition) is 1. The van der Waals surface area contributed by atoms with Crippen molar-refractivity contribution < 1.29 is 9.47 Å². The molecule has 1 rings (SSSR count). The zero-order chi connectivity index (χ0) is 9.73. The Bertz CT molecular complexity index is 142. The molecule has 1 saturated heterocycles. The van der Waals surface area contributed by atoms with E-state index in [1.54, 1.807) is 0 Å². The molecule has 78 valence electrons. The molecular weight excluding hydrogens is 166 g/mol. The highest BCUT2D eigenvalue weighted by Crippen LogP contribution is 2.15. The van der Waals surface area contributed by atoms with Crippen LogP contribution < -0.4 is 5.32 Å². The fourth-order valence-corrected chi connectivity index (χ4v) is 1.36. The molecule has 2 atom stereocenters. The molecule has 1 aliphatic rings. The Labute approximate surface area is 80.8 Å². The molecule has 1 fully saturated rings. The summed E-state index contributed by atoms with van der Waals surface area (Å²) in [5.74, 6) is 0. The van der Waals surface area contributed by atoms with Crippen molar-refractivity contribution in [1.82, 2.24) is 5.32 Å². The lowest BCUT2D eigenvalue weighted by Gasteiger charge is -2.37. The lowest BCUT2D eigenvalue weighted by Crippen LogP contribution is -2.55. The second-order valence-electron chi connectivity index (χ2n) is 3.89. The third-order valence-electron chi connectivity index (χ3n) is 2.68. The van der Waals surface area contributed by atoms with Gasteiger partial charge >= 0.3 is 0 Å². The first kappa shape index (κ1) is 11.0. The summed E-state index contributed by atoms with van der Waals surface area (Å²) < 4.78 is 11.0. The third-order valence-corrected chi connectivity index (χ3v) is 2.68. The van der Waals surface area contributed by atoms with Gasteiger partial charge in [-0.15, -0.1) is 0 Å². The molecule has 13 heavy (non-hydrogen) atoms. The van der Waals surface area contributed by atoms with Gasteiger partial charge in [-0.2, -0.15) is 0 Å². The lowest BCUT2D eigenvalue weighted by molar-refractivity contribution is -0.0659. The third kappa shape index (κ3) is 3.25. The molecule has 3 heteroatoms. The summed E-state index contributed by atoms with van der Waals surface area (Å²) in [4.78, 5) is 0. The van der Waals surface area contributed by atoms with Gasteiger partial charge < -0.3 is 14.8 Å². The molecule has 0 aliphatic carbocycles. The molecular formula is C10H21NO2. The van der Waals surface area contributed by atoms with Crippen LogP contribution >= 0.6 is 0 Å². The van der Waals surface area contributed by atoms with Gasteiger partial charge in [0.15, 0.2) is 0 Å². The fraction of sp³-hybridized carbons (Fsp3) is 1.00. The van der Waals surface area contributed by atoms with E-state index in [0.29, 0.717) is 6.61 Å². The molecule has 2 unspecified atom stereocenters. The largest absolute Gasteiger partial charge is 0.379 e. The van der Waals surface area contributed by atoms with E-state index in [2.05, 4.69) is 19.2 Å². The van der Waals surface area contributed by atoms with Crippen molar-refractivity contribution >= 4 is 0 Å². The first-order valence-electron chi connectivity index (χ1n) is 5.14. The van der Waals surface area contributed by atoms with Crippen LogP contribution in [0.4, 0.5) is 0 Å². The average Bonchev–Trinajstić information content (AvgIpc) is 2.17. The Morgan fingerprint density at radius 1 is 1.54 bits per heavy atom. The van der Waals surface area contributed by atoms with Crippen LogP contribution in [0.25, 0.3) is 0 Å². The normalized spacial score (nSPS) is 34.8. The van der Waals surface area contributed by atoms with Crippen LogP contribution in [0, 0.1) is 0 Å². The molecule has 0 aromatic rings. The second kappa shape index (κ2) is 4.94. The number of morpholine rings is 1. The summed E-state index contributed by atoms with van der Waals surface area (Å²) in [6, 6.07) is 0. The van der Waals surface area contributed by atoms with Gasteiger partial charge in [-0.05, 0) is 20.3 Å². The van der Waals surface area contributed by atoms with E-state index in [0.717, 1.165) is 26.2 Å². The Hall–Kier alpha value is -0.120. The van der Waals surface area contributed by atoms with Gasteiger partial charge in [0.05, 0.1) is 19.3 Å². The van der Waals surface area contributed by atoms with Crippen LogP contribution in [0.2, 0.25) is 0 Å². The van der Waals surface area contributed by atoms with Crippen molar-refractivity contribution in [1.29, 1.82) is 0 Å². The number of ether oxygens (including phenoxy) is 2. The maximum atomic E-state index is 5.70. The quantitative estimate of drug-likeness (QED) is 0.717. The van der Waals surface area contributed by atoms with E-state index in [1.807, 2.05) is 6.92 Å². The number of rotatable bonds is 4. The molecule has 0 saturated carbocycles. The molecule has 1 heterocycles. The Balaban J connectivity index is 2.22. The summed E-state index contributed by atoms with van der Waals surface area (Å²) in [7, 11) is 0. The van der Waals surface area contributed by atoms with Crippen LogP contribution in [0.1, 0.15) is 27.2 Å². The smallest absolute Gasteiger partial charge is 0.0933 e. The van der Waals surface area contributed by atoms with Gasteiger partial charge in [-0.1, -0.05) is 6.92 Å². The van der Waals surface area contributed by atoms with E-state index in [4.69, 9.17) is 9.47 Å². The molecule has 0 aromatic heterocycles. The molecule has 0 bridgehead atoms. The van der Waals surface area contributed by atoms with Crippen LogP contribution in [-0.4, -0.2) is 38.0 Å². The minimum absolute atomic E-state index is 0.169. The van der Waals surface area contributed by atoms with Crippen molar-refractivity contribution in [3.8, 4) is 0 Å². The van der Waals surface area contributed by atoms with Crippen LogP contribution in [-0.2, 0) is 9.47 Å². The van der Waals surface area contributed by atoms with E-state index in [9.17, 15) is 0 Å². The Morgan fingerprint density at radius 3 is 2.77 bits per heavy atom. The van der Waals surface area contributed by atoms with E-state index in [-0.39, 0.29) is 11.6 Å². The van der Waals surface area contributed by atoms with Crippen LogP contribution in [0.5, 0.6) is 0 Å². The minimum Gasteiger partial charge on any atom is -0.379 e. The van der Waals surface area contributed by atoms with Crippen molar-refractivity contribution in [3.63, 3.8) is 0 Å². The molecule has 0 amide bonds. The standard InChI is InChI=1S/C10H21NO2/c1-4-10(3)8-13-9(6-11-10)7-12-5-2/h9,11H,4-8H2,1-3H3. The molecule has 1 N–H and O–H groups in total. The van der Waals surface area contributed by atoms with Gasteiger partial charge in [0.1, 0.15) is 0 Å². The first-order valence-corrected chi connectivity index (χ1v) is 5.14. The highest BCUT2D eigenvalue weighted by atomic mass is 16.5. The SMILES string of the molecule is CCOCC1CNC(C)(CC)CO1. The Kier molecular flexibility index (Phi) is 4.16. The monoisotopic (exact) mass is 187 g/mol. The van der Waals surface area contributed by atoms with Gasteiger partial charge in [0.2, 0.25) is 0 Å². The zero-order valence-electron chi connectivity index (χ0n) is 8.93. The molecule has 0 aromatic carbocycles. The van der Waals surface area contributed by atoms with Gasteiger partial charge in [0, 0.05) is 18.7 Å². The highest BCUT2D eigenvalue weighted by Gasteiger charge is 2.29. The molecule has 1 aliphatic heterocycles. The van der Waals surface area contributed by atoms with Gasteiger partial charge in [0.25, 0.3) is 0 Å². The molecule has 0 spiro atoms. The molecule has 0 radical (unpaired) electrons. The summed E-state index contributed by atoms with van der Waals surface area (Å²) in [5, 5.41) is 3.50. The maximum absolute atomic E-state index is 5.70.